The molecule has 0 spiro atoms. The van der Waals surface area contributed by atoms with Crippen LogP contribution in [0.4, 0.5) is 0 Å². The molecule has 2 aromatic rings. The smallest absolute Gasteiger partial charge is 0.242 e. The predicted molar refractivity (Wildman–Crippen MR) is 86.8 cm³/mol. The van der Waals surface area contributed by atoms with Gasteiger partial charge in [-0.3, -0.25) is 9.48 Å². The Morgan fingerprint density at radius 3 is 2.92 bits per heavy atom. The van der Waals surface area contributed by atoms with Crippen molar-refractivity contribution in [2.45, 2.75) is 51.4 Å². The molecule has 4 rings (SSSR count). The second-order valence-corrected chi connectivity index (χ2v) is 6.82. The number of nitrogens with zero attached hydrogens (tertiary/aromatic N) is 5. The molecule has 1 atom stereocenters. The number of rotatable bonds is 4. The number of aryl methyl sites for hydroxylation is 1. The maximum atomic E-state index is 12.5. The molecule has 2 aliphatic rings. The van der Waals surface area contributed by atoms with E-state index in [2.05, 4.69) is 10.1 Å². The summed E-state index contributed by atoms with van der Waals surface area (Å²) in [6.45, 7) is 2.39. The van der Waals surface area contributed by atoms with Crippen LogP contribution in [0.25, 0.3) is 0 Å². The van der Waals surface area contributed by atoms with Gasteiger partial charge < -0.3 is 14.6 Å². The van der Waals surface area contributed by atoms with Crippen LogP contribution in [0.5, 0.6) is 0 Å². The highest BCUT2D eigenvalue weighted by Gasteiger charge is 2.30. The molecule has 24 heavy (non-hydrogen) atoms. The maximum Gasteiger partial charge on any atom is 0.242 e. The molecule has 0 unspecified atom stereocenters. The highest BCUT2D eigenvalue weighted by molar-refractivity contribution is 5.76. The first-order valence-electron chi connectivity index (χ1n) is 8.69. The number of aliphatic hydroxyl groups is 1. The largest absolute Gasteiger partial charge is 0.386 e. The Labute approximate surface area is 140 Å². The van der Waals surface area contributed by atoms with Gasteiger partial charge in [-0.25, -0.2) is 4.98 Å². The molecule has 1 aliphatic carbocycles. The molecule has 1 N–H and O–H groups in total. The van der Waals surface area contributed by atoms with Gasteiger partial charge in [-0.05, 0) is 31.2 Å². The summed E-state index contributed by atoms with van der Waals surface area (Å²) < 4.78 is 3.75. The fourth-order valence-electron chi connectivity index (χ4n) is 3.48. The number of hydrogen-bond donors (Lipinski definition) is 1. The minimum Gasteiger partial charge on any atom is -0.386 e. The van der Waals surface area contributed by atoms with Crippen molar-refractivity contribution in [1.82, 2.24) is 24.2 Å². The molecule has 0 aromatic carbocycles. The van der Waals surface area contributed by atoms with Crippen LogP contribution >= 0.6 is 0 Å². The van der Waals surface area contributed by atoms with Gasteiger partial charge in [0.25, 0.3) is 0 Å². The van der Waals surface area contributed by atoms with Crippen LogP contribution in [0, 0.1) is 5.92 Å². The summed E-state index contributed by atoms with van der Waals surface area (Å²) in [5.74, 6) is 0.437. The van der Waals surface area contributed by atoms with Crippen LogP contribution in [0.15, 0.2) is 24.8 Å². The molecular weight excluding hydrogens is 306 g/mol. The minimum absolute atomic E-state index is 0.0868. The Hall–Kier alpha value is -2.15. The lowest BCUT2D eigenvalue weighted by molar-refractivity contribution is -0.132. The first-order valence-corrected chi connectivity index (χ1v) is 8.69. The molecular formula is C17H23N5O2. The molecule has 1 fully saturated rings. The Morgan fingerprint density at radius 2 is 2.21 bits per heavy atom. The number of fused-ring (bicyclic) bond motifs is 1. The zero-order valence-electron chi connectivity index (χ0n) is 13.7. The van der Waals surface area contributed by atoms with Crippen LogP contribution in [-0.4, -0.2) is 41.8 Å². The summed E-state index contributed by atoms with van der Waals surface area (Å²) in [4.78, 5) is 18.4. The number of imidazole rings is 1. The fraction of sp³-hybridized carbons (Fsp3) is 0.588. The summed E-state index contributed by atoms with van der Waals surface area (Å²) in [5.41, 5.74) is 1.78. The van der Waals surface area contributed by atoms with Crippen molar-refractivity contribution in [2.75, 3.05) is 6.54 Å². The molecule has 0 radical (unpaired) electrons. The van der Waals surface area contributed by atoms with E-state index in [1.165, 1.54) is 6.42 Å². The maximum absolute atomic E-state index is 12.5. The normalized spacial score (nSPS) is 19.5. The Bertz CT molecular complexity index is 705. The van der Waals surface area contributed by atoms with E-state index >= 15 is 0 Å². The average molecular weight is 329 g/mol. The van der Waals surface area contributed by atoms with Crippen molar-refractivity contribution < 1.29 is 9.90 Å². The first kappa shape index (κ1) is 15.4. The van der Waals surface area contributed by atoms with Crippen molar-refractivity contribution in [3.63, 3.8) is 0 Å². The molecule has 1 aliphatic heterocycles. The third-order valence-electron chi connectivity index (χ3n) is 5.16. The Morgan fingerprint density at radius 1 is 1.33 bits per heavy atom. The Balaban J connectivity index is 1.47. The molecule has 2 aromatic heterocycles. The molecule has 128 valence electrons. The van der Waals surface area contributed by atoms with E-state index in [0.717, 1.165) is 43.7 Å². The summed E-state index contributed by atoms with van der Waals surface area (Å²) >= 11 is 0. The van der Waals surface area contributed by atoms with Gasteiger partial charge in [0.1, 0.15) is 12.6 Å². The summed E-state index contributed by atoms with van der Waals surface area (Å²) in [5, 5.41) is 15.0. The summed E-state index contributed by atoms with van der Waals surface area (Å²) in [6, 6.07) is 1.98. The van der Waals surface area contributed by atoms with Crippen LogP contribution in [-0.2, 0) is 24.4 Å². The number of carbonyl (C=O) groups excluding carboxylic acids is 1. The lowest BCUT2D eigenvalue weighted by Crippen LogP contribution is -2.33. The molecule has 1 amide bonds. The van der Waals surface area contributed by atoms with Gasteiger partial charge in [0.2, 0.25) is 5.91 Å². The van der Waals surface area contributed by atoms with Crippen molar-refractivity contribution in [2.24, 2.45) is 5.92 Å². The zero-order valence-corrected chi connectivity index (χ0v) is 13.7. The van der Waals surface area contributed by atoms with Gasteiger partial charge in [0.15, 0.2) is 0 Å². The van der Waals surface area contributed by atoms with Gasteiger partial charge in [-0.2, -0.15) is 5.10 Å². The van der Waals surface area contributed by atoms with Crippen LogP contribution < -0.4 is 0 Å². The fourth-order valence-corrected chi connectivity index (χ4v) is 3.48. The lowest BCUT2D eigenvalue weighted by atomic mass is 9.80. The molecule has 0 saturated heterocycles. The second-order valence-electron chi connectivity index (χ2n) is 6.82. The van der Waals surface area contributed by atoms with Crippen LogP contribution in [0.2, 0.25) is 0 Å². The molecule has 7 heteroatoms. The quantitative estimate of drug-likeness (QED) is 0.918. The van der Waals surface area contributed by atoms with Crippen LogP contribution in [0.1, 0.15) is 43.2 Å². The van der Waals surface area contributed by atoms with Crippen LogP contribution in [0.3, 0.4) is 0 Å². The molecule has 1 saturated carbocycles. The predicted octanol–water partition coefficient (Wildman–Crippen LogP) is 1.35. The highest BCUT2D eigenvalue weighted by atomic mass is 16.3. The number of amides is 1. The summed E-state index contributed by atoms with van der Waals surface area (Å²) in [6.07, 6.45) is 8.92. The van der Waals surface area contributed by atoms with Crippen molar-refractivity contribution in [1.29, 1.82) is 0 Å². The highest BCUT2D eigenvalue weighted by Crippen LogP contribution is 2.37. The zero-order chi connectivity index (χ0) is 16.5. The Kier molecular flexibility index (Phi) is 4.10. The molecule has 0 bridgehead atoms. The number of aliphatic hydroxyl groups excluding tert-OH is 1. The topological polar surface area (TPSA) is 76.2 Å². The van der Waals surface area contributed by atoms with Gasteiger partial charge in [0, 0.05) is 25.5 Å². The first-order chi connectivity index (χ1) is 11.7. The van der Waals surface area contributed by atoms with E-state index in [1.54, 1.807) is 23.3 Å². The standard InChI is InChI=1S/C17H23N5O2/c23-16(11-20-8-5-18-12-20)21-6-2-7-22-14(10-21)9-15(19-22)17(24)13-3-1-4-13/h5,8-9,12-13,17,24H,1-4,6-7,10-11H2/t17-/m0/s1. The number of hydrogen-bond acceptors (Lipinski definition) is 4. The summed E-state index contributed by atoms with van der Waals surface area (Å²) in [7, 11) is 0. The number of carbonyl (C=O) groups is 1. The van der Waals surface area contributed by atoms with E-state index in [9.17, 15) is 9.90 Å². The molecule has 7 nitrogen and oxygen atoms in total. The number of aromatic nitrogens is 4. The van der Waals surface area contributed by atoms with E-state index in [-0.39, 0.29) is 5.91 Å². The van der Waals surface area contributed by atoms with E-state index in [1.807, 2.05) is 15.6 Å². The minimum atomic E-state index is -0.465. The van der Waals surface area contributed by atoms with Gasteiger partial charge >= 0.3 is 0 Å². The van der Waals surface area contributed by atoms with E-state index < -0.39 is 6.10 Å². The third kappa shape index (κ3) is 2.96. The second kappa shape index (κ2) is 6.39. The van der Waals surface area contributed by atoms with Crippen molar-refractivity contribution >= 4 is 5.91 Å². The van der Waals surface area contributed by atoms with E-state index in [4.69, 9.17) is 0 Å². The van der Waals surface area contributed by atoms with Crippen molar-refractivity contribution in [3.05, 3.63) is 36.2 Å². The molecule has 3 heterocycles. The van der Waals surface area contributed by atoms with Gasteiger partial charge in [-0.1, -0.05) is 6.42 Å². The van der Waals surface area contributed by atoms with Gasteiger partial charge in [0.05, 0.1) is 24.3 Å². The SMILES string of the molecule is O=C(Cn1ccnc1)N1CCCn2nc([C@@H](O)C3CCC3)cc2C1. The van der Waals surface area contributed by atoms with Crippen molar-refractivity contribution in [3.8, 4) is 0 Å². The lowest BCUT2D eigenvalue weighted by Gasteiger charge is -2.29. The third-order valence-corrected chi connectivity index (χ3v) is 5.16. The monoisotopic (exact) mass is 329 g/mol. The van der Waals surface area contributed by atoms with E-state index in [0.29, 0.717) is 19.0 Å². The average Bonchev–Trinajstić information content (AvgIpc) is 3.11. The van der Waals surface area contributed by atoms with Gasteiger partial charge in [-0.15, -0.1) is 0 Å².